The lowest BCUT2D eigenvalue weighted by atomic mass is 9.91. The number of rotatable bonds is 2. The summed E-state index contributed by atoms with van der Waals surface area (Å²) in [5.41, 5.74) is 0. The highest BCUT2D eigenvalue weighted by molar-refractivity contribution is 5.89. The van der Waals surface area contributed by atoms with Crippen LogP contribution in [0.4, 0.5) is 0 Å². The Kier molecular flexibility index (Phi) is 2.40. The van der Waals surface area contributed by atoms with Gasteiger partial charge in [-0.15, -0.1) is 0 Å². The highest BCUT2D eigenvalue weighted by Gasteiger charge is 2.32. The van der Waals surface area contributed by atoms with Crippen LogP contribution in [0.5, 0.6) is 0 Å². The van der Waals surface area contributed by atoms with E-state index in [0.717, 1.165) is 0 Å². The summed E-state index contributed by atoms with van der Waals surface area (Å²) in [6.07, 6.45) is 1.61. The molecule has 0 radical (unpaired) electrons. The third-order valence-electron chi connectivity index (χ3n) is 1.87. The molecule has 1 aliphatic carbocycles. The van der Waals surface area contributed by atoms with Crippen molar-refractivity contribution >= 4 is 5.78 Å². The molecule has 5 heteroatoms. The first-order valence-corrected chi connectivity index (χ1v) is 3.48. The average Bonchev–Trinajstić information content (AvgIpc) is 2.05. The van der Waals surface area contributed by atoms with Crippen LogP contribution < -0.4 is 0 Å². The molecule has 2 atom stereocenters. The lowest BCUT2D eigenvalue weighted by Crippen LogP contribution is -2.33. The van der Waals surface area contributed by atoms with Gasteiger partial charge in [-0.3, -0.25) is 4.79 Å². The number of nitroso groups, excluding NO2 is 2. The molecule has 0 saturated heterocycles. The quantitative estimate of drug-likeness (QED) is 0.560. The molecule has 0 N–H and O–H groups in total. The standard InChI is InChI=1S/C6H8N2O3/c9-6-4(7-10)2-1-3-5(6)8-11/h4-5H,1-3H2. The van der Waals surface area contributed by atoms with Crippen LogP contribution in [0, 0.1) is 9.81 Å². The van der Waals surface area contributed by atoms with E-state index in [1.165, 1.54) is 0 Å². The molecule has 11 heavy (non-hydrogen) atoms. The fourth-order valence-corrected chi connectivity index (χ4v) is 1.22. The lowest BCUT2D eigenvalue weighted by molar-refractivity contribution is -0.122. The van der Waals surface area contributed by atoms with Crippen molar-refractivity contribution in [2.24, 2.45) is 10.4 Å². The Morgan fingerprint density at radius 1 is 1.09 bits per heavy atom. The van der Waals surface area contributed by atoms with Crippen LogP contribution in [0.3, 0.4) is 0 Å². The number of ketones is 1. The predicted molar refractivity (Wildman–Crippen MR) is 38.0 cm³/mol. The molecule has 2 unspecified atom stereocenters. The molecule has 0 spiro atoms. The zero-order valence-corrected chi connectivity index (χ0v) is 5.90. The van der Waals surface area contributed by atoms with Gasteiger partial charge in [0.1, 0.15) is 0 Å². The topological polar surface area (TPSA) is 75.9 Å². The van der Waals surface area contributed by atoms with Gasteiger partial charge < -0.3 is 0 Å². The van der Waals surface area contributed by atoms with E-state index in [-0.39, 0.29) is 0 Å². The fraction of sp³-hybridized carbons (Fsp3) is 0.833. The second-order valence-corrected chi connectivity index (χ2v) is 2.58. The fourth-order valence-electron chi connectivity index (χ4n) is 1.22. The Hall–Kier alpha value is -1.13. The number of hydrogen-bond donors (Lipinski definition) is 0. The largest absolute Gasteiger partial charge is 0.295 e. The molecule has 0 amide bonds. The van der Waals surface area contributed by atoms with Crippen LogP contribution in [-0.4, -0.2) is 17.9 Å². The minimum absolute atomic E-state index is 0.416. The molecule has 1 rings (SSSR count). The Balaban J connectivity index is 2.66. The van der Waals surface area contributed by atoms with Gasteiger partial charge in [0.2, 0.25) is 0 Å². The van der Waals surface area contributed by atoms with Crippen molar-refractivity contribution in [1.82, 2.24) is 0 Å². The average molecular weight is 156 g/mol. The summed E-state index contributed by atoms with van der Waals surface area (Å²) in [6, 6.07) is -1.65. The monoisotopic (exact) mass is 156 g/mol. The van der Waals surface area contributed by atoms with Crippen LogP contribution in [0.15, 0.2) is 10.4 Å². The van der Waals surface area contributed by atoms with Crippen molar-refractivity contribution in [2.75, 3.05) is 0 Å². The molecule has 0 heterocycles. The Morgan fingerprint density at radius 2 is 1.55 bits per heavy atom. The first-order chi connectivity index (χ1) is 5.29. The van der Waals surface area contributed by atoms with Crippen LogP contribution in [-0.2, 0) is 4.79 Å². The number of Topliss-reactive ketones (excluding diaryl/α,β-unsaturated/α-hetero) is 1. The SMILES string of the molecule is O=NC1CCCC(N=O)C1=O. The smallest absolute Gasteiger partial charge is 0.188 e. The summed E-state index contributed by atoms with van der Waals surface area (Å²) >= 11 is 0. The van der Waals surface area contributed by atoms with Gasteiger partial charge in [-0.1, -0.05) is 10.4 Å². The molecule has 1 aliphatic rings. The zero-order valence-electron chi connectivity index (χ0n) is 5.90. The molecule has 0 aliphatic heterocycles. The van der Waals surface area contributed by atoms with Crippen LogP contribution in [0.2, 0.25) is 0 Å². The Morgan fingerprint density at radius 3 is 1.91 bits per heavy atom. The number of carbonyl (C=O) groups excluding carboxylic acids is 1. The molecule has 0 aromatic rings. The van der Waals surface area contributed by atoms with Crippen LogP contribution in [0.25, 0.3) is 0 Å². The van der Waals surface area contributed by atoms with Crippen molar-refractivity contribution in [2.45, 2.75) is 31.3 Å². The van der Waals surface area contributed by atoms with E-state index in [4.69, 9.17) is 0 Å². The highest BCUT2D eigenvalue weighted by Crippen LogP contribution is 2.19. The molecular formula is C6H8N2O3. The van der Waals surface area contributed by atoms with E-state index >= 15 is 0 Å². The third-order valence-corrected chi connectivity index (χ3v) is 1.87. The second kappa shape index (κ2) is 3.32. The molecular weight excluding hydrogens is 148 g/mol. The first-order valence-electron chi connectivity index (χ1n) is 3.48. The second-order valence-electron chi connectivity index (χ2n) is 2.58. The minimum Gasteiger partial charge on any atom is -0.295 e. The van der Waals surface area contributed by atoms with Crippen molar-refractivity contribution in [3.63, 3.8) is 0 Å². The normalized spacial score (nSPS) is 31.5. The van der Waals surface area contributed by atoms with Gasteiger partial charge in [-0.05, 0) is 19.3 Å². The van der Waals surface area contributed by atoms with Gasteiger partial charge in [-0.25, -0.2) is 0 Å². The molecule has 60 valence electrons. The third kappa shape index (κ3) is 1.47. The van der Waals surface area contributed by atoms with Gasteiger partial charge in [0.25, 0.3) is 0 Å². The van der Waals surface area contributed by atoms with Gasteiger partial charge >= 0.3 is 0 Å². The maximum Gasteiger partial charge on any atom is 0.188 e. The predicted octanol–water partition coefficient (Wildman–Crippen LogP) is 1.01. The Labute approximate surface area is 63.1 Å². The van der Waals surface area contributed by atoms with Gasteiger partial charge in [0.15, 0.2) is 17.9 Å². The number of hydrogen-bond acceptors (Lipinski definition) is 5. The van der Waals surface area contributed by atoms with Crippen LogP contribution >= 0.6 is 0 Å². The van der Waals surface area contributed by atoms with Gasteiger partial charge in [0, 0.05) is 0 Å². The van der Waals surface area contributed by atoms with Crippen molar-refractivity contribution in [3.05, 3.63) is 9.81 Å². The molecule has 0 bridgehead atoms. The Bertz CT molecular complexity index is 174. The highest BCUT2D eigenvalue weighted by atomic mass is 16.3. The van der Waals surface area contributed by atoms with E-state index in [2.05, 4.69) is 10.4 Å². The van der Waals surface area contributed by atoms with Gasteiger partial charge in [-0.2, -0.15) is 9.81 Å². The van der Waals surface area contributed by atoms with Crippen molar-refractivity contribution < 1.29 is 4.79 Å². The number of nitrogens with zero attached hydrogens (tertiary/aromatic N) is 2. The maximum atomic E-state index is 11.0. The zero-order chi connectivity index (χ0) is 8.27. The van der Waals surface area contributed by atoms with Gasteiger partial charge in [0.05, 0.1) is 0 Å². The maximum absolute atomic E-state index is 11.0. The van der Waals surface area contributed by atoms with E-state index in [9.17, 15) is 14.6 Å². The minimum atomic E-state index is -0.827. The first kappa shape index (κ1) is 7.97. The number of carbonyl (C=O) groups is 1. The summed E-state index contributed by atoms with van der Waals surface area (Å²) in [6.45, 7) is 0. The summed E-state index contributed by atoms with van der Waals surface area (Å²) in [5, 5.41) is 5.26. The summed E-state index contributed by atoms with van der Waals surface area (Å²) in [7, 11) is 0. The summed E-state index contributed by atoms with van der Waals surface area (Å²) in [4.78, 5) is 31.0. The van der Waals surface area contributed by atoms with E-state index in [1.807, 2.05) is 0 Å². The summed E-state index contributed by atoms with van der Waals surface area (Å²) in [5.74, 6) is -0.416. The van der Waals surface area contributed by atoms with E-state index in [1.54, 1.807) is 0 Å². The molecule has 1 fully saturated rings. The molecule has 5 nitrogen and oxygen atoms in total. The van der Waals surface area contributed by atoms with Crippen molar-refractivity contribution in [1.29, 1.82) is 0 Å². The molecule has 0 aromatic carbocycles. The summed E-state index contributed by atoms with van der Waals surface area (Å²) < 4.78 is 0. The lowest BCUT2D eigenvalue weighted by Gasteiger charge is -2.17. The van der Waals surface area contributed by atoms with E-state index < -0.39 is 17.9 Å². The van der Waals surface area contributed by atoms with E-state index in [0.29, 0.717) is 19.3 Å². The van der Waals surface area contributed by atoms with Crippen molar-refractivity contribution in [3.8, 4) is 0 Å². The van der Waals surface area contributed by atoms with Crippen LogP contribution in [0.1, 0.15) is 19.3 Å². The molecule has 0 aromatic heterocycles. The molecule has 1 saturated carbocycles.